The van der Waals surface area contributed by atoms with Gasteiger partial charge in [0.05, 0.1) is 17.3 Å². The van der Waals surface area contributed by atoms with E-state index in [2.05, 4.69) is 21.8 Å². The van der Waals surface area contributed by atoms with Crippen LogP contribution in [0, 0.1) is 22.0 Å². The van der Waals surface area contributed by atoms with Crippen molar-refractivity contribution in [1.82, 2.24) is 9.97 Å². The third-order valence-electron chi connectivity index (χ3n) is 3.88. The largest absolute Gasteiger partial charge is 0.401 e. The topological polar surface area (TPSA) is 75.7 Å². The molecular formula is C20H13N4O2+. The van der Waals surface area contributed by atoms with Gasteiger partial charge >= 0.3 is 5.95 Å². The zero-order chi connectivity index (χ0) is 17.9. The summed E-state index contributed by atoms with van der Waals surface area (Å²) in [6, 6.07) is 17.8. The Hall–Kier alpha value is -3.98. The summed E-state index contributed by atoms with van der Waals surface area (Å²) in [7, 11) is 0. The van der Waals surface area contributed by atoms with Crippen LogP contribution >= 0.6 is 0 Å². The van der Waals surface area contributed by atoms with Crippen molar-refractivity contribution in [2.24, 2.45) is 0 Å². The first-order valence-corrected chi connectivity index (χ1v) is 7.92. The predicted octanol–water partition coefficient (Wildman–Crippen LogP) is 3.15. The molecule has 26 heavy (non-hydrogen) atoms. The number of imidazole rings is 1. The first kappa shape index (κ1) is 15.5. The maximum absolute atomic E-state index is 10.7. The molecule has 2 heterocycles. The maximum Gasteiger partial charge on any atom is 0.401 e. The Morgan fingerprint density at radius 2 is 1.58 bits per heavy atom. The summed E-state index contributed by atoms with van der Waals surface area (Å²) in [5.74, 6) is 6.79. The molecule has 6 nitrogen and oxygen atoms in total. The number of para-hydroxylation sites is 2. The Bertz CT molecular complexity index is 1120. The highest BCUT2D eigenvalue weighted by Gasteiger charge is 2.12. The van der Waals surface area contributed by atoms with Crippen molar-refractivity contribution in [2.75, 3.05) is 0 Å². The van der Waals surface area contributed by atoms with Gasteiger partial charge in [-0.25, -0.2) is 9.55 Å². The summed E-state index contributed by atoms with van der Waals surface area (Å²) in [6.45, 7) is 0. The van der Waals surface area contributed by atoms with E-state index >= 15 is 0 Å². The van der Waals surface area contributed by atoms with Gasteiger partial charge in [-0.2, -0.15) is 0 Å². The predicted molar refractivity (Wildman–Crippen MR) is 96.7 cm³/mol. The molecule has 0 bridgehead atoms. The molecule has 124 valence electrons. The average Bonchev–Trinajstić information content (AvgIpc) is 3.11. The molecule has 2 aromatic carbocycles. The highest BCUT2D eigenvalue weighted by Crippen LogP contribution is 2.12. The molecule has 0 atom stereocenters. The van der Waals surface area contributed by atoms with Gasteiger partial charge in [-0.05, 0) is 36.4 Å². The van der Waals surface area contributed by atoms with E-state index in [1.807, 2.05) is 53.4 Å². The Kier molecular flexibility index (Phi) is 3.88. The van der Waals surface area contributed by atoms with Gasteiger partial charge in [0.15, 0.2) is 5.52 Å². The summed E-state index contributed by atoms with van der Waals surface area (Å²) >= 11 is 0. The lowest BCUT2D eigenvalue weighted by Gasteiger charge is -1.94. The summed E-state index contributed by atoms with van der Waals surface area (Å²) in [5.41, 5.74) is 3.52. The second-order valence-corrected chi connectivity index (χ2v) is 5.63. The fourth-order valence-corrected chi connectivity index (χ4v) is 2.52. The van der Waals surface area contributed by atoms with Gasteiger partial charge < -0.3 is 0 Å². The van der Waals surface area contributed by atoms with Crippen LogP contribution in [0.1, 0.15) is 11.1 Å². The standard InChI is InChI=1S/C20H13N4O2/c25-24(26)17-9-7-15(8-10-17)5-6-16-11-13-23(14-12-16)20-21-18-3-1-2-4-19(18)22-20/h1-4,7-14H,(H,21,22)/q+1. The van der Waals surface area contributed by atoms with Gasteiger partial charge in [0.1, 0.15) is 5.52 Å². The lowest BCUT2D eigenvalue weighted by Crippen LogP contribution is -2.30. The van der Waals surface area contributed by atoms with Gasteiger partial charge in [0.2, 0.25) is 0 Å². The molecular weight excluding hydrogens is 328 g/mol. The number of hydrogen-bond donors (Lipinski definition) is 1. The summed E-state index contributed by atoms with van der Waals surface area (Å²) in [4.78, 5) is 18.0. The number of nitro groups is 1. The van der Waals surface area contributed by atoms with Crippen molar-refractivity contribution < 1.29 is 9.49 Å². The van der Waals surface area contributed by atoms with Crippen LogP contribution < -0.4 is 4.57 Å². The van der Waals surface area contributed by atoms with Crippen molar-refractivity contribution in [1.29, 1.82) is 0 Å². The van der Waals surface area contributed by atoms with Gasteiger partial charge in [0, 0.05) is 23.3 Å². The Balaban J connectivity index is 1.55. The van der Waals surface area contributed by atoms with E-state index in [9.17, 15) is 10.1 Å². The number of nitrogens with one attached hydrogen (secondary N) is 1. The quantitative estimate of drug-likeness (QED) is 0.263. The zero-order valence-corrected chi connectivity index (χ0v) is 13.6. The van der Waals surface area contributed by atoms with E-state index in [1.54, 1.807) is 12.1 Å². The normalized spacial score (nSPS) is 10.3. The molecule has 6 heteroatoms. The van der Waals surface area contributed by atoms with Crippen LogP contribution in [0.25, 0.3) is 17.0 Å². The number of aromatic nitrogens is 3. The van der Waals surface area contributed by atoms with Gasteiger partial charge in [-0.15, -0.1) is 0 Å². The number of aromatic amines is 1. The first-order valence-electron chi connectivity index (χ1n) is 7.92. The Morgan fingerprint density at radius 3 is 2.23 bits per heavy atom. The summed E-state index contributed by atoms with van der Waals surface area (Å²) in [6.07, 6.45) is 3.77. The van der Waals surface area contributed by atoms with Crippen LogP contribution in [0.15, 0.2) is 73.1 Å². The number of benzene rings is 2. The molecule has 2 aromatic heterocycles. The molecule has 0 amide bonds. The van der Waals surface area contributed by atoms with Gasteiger partial charge in [-0.1, -0.05) is 29.0 Å². The molecule has 0 unspecified atom stereocenters. The smallest absolute Gasteiger partial charge is 0.258 e. The third kappa shape index (κ3) is 3.14. The minimum absolute atomic E-state index is 0.0575. The number of non-ortho nitro benzene ring substituents is 1. The van der Waals surface area contributed by atoms with E-state index in [-0.39, 0.29) is 5.69 Å². The SMILES string of the molecule is O=[N+]([O-])c1ccc(C#Cc2cc[n+](-c3nc4ccccc4[nH]3)cc2)cc1. The fourth-order valence-electron chi connectivity index (χ4n) is 2.52. The van der Waals surface area contributed by atoms with E-state index in [1.165, 1.54) is 12.1 Å². The number of nitrogens with zero attached hydrogens (tertiary/aromatic N) is 3. The van der Waals surface area contributed by atoms with Crippen molar-refractivity contribution in [3.8, 4) is 17.8 Å². The Morgan fingerprint density at radius 1 is 0.923 bits per heavy atom. The first-order chi connectivity index (χ1) is 12.7. The second kappa shape index (κ2) is 6.49. The van der Waals surface area contributed by atoms with Crippen molar-refractivity contribution >= 4 is 16.7 Å². The number of pyridine rings is 1. The molecule has 0 saturated heterocycles. The van der Waals surface area contributed by atoms with E-state index in [4.69, 9.17) is 0 Å². The lowest BCUT2D eigenvalue weighted by atomic mass is 10.2. The molecule has 4 aromatic rings. The number of fused-ring (bicyclic) bond motifs is 1. The molecule has 4 rings (SSSR count). The zero-order valence-electron chi connectivity index (χ0n) is 13.6. The lowest BCUT2D eigenvalue weighted by molar-refractivity contribution is -0.603. The number of rotatable bonds is 2. The summed E-state index contributed by atoms with van der Waals surface area (Å²) < 4.78 is 1.89. The monoisotopic (exact) mass is 341 g/mol. The van der Waals surface area contributed by atoms with E-state index < -0.39 is 4.92 Å². The summed E-state index contributed by atoms with van der Waals surface area (Å²) in [5, 5.41) is 10.7. The minimum atomic E-state index is -0.425. The molecule has 1 N–H and O–H groups in total. The number of nitro benzene ring substituents is 1. The van der Waals surface area contributed by atoms with Crippen LogP contribution in [-0.4, -0.2) is 14.9 Å². The fraction of sp³-hybridized carbons (Fsp3) is 0. The van der Waals surface area contributed by atoms with Crippen LogP contribution in [0.2, 0.25) is 0 Å². The van der Waals surface area contributed by atoms with Gasteiger partial charge in [0.25, 0.3) is 5.69 Å². The minimum Gasteiger partial charge on any atom is -0.258 e. The molecule has 0 aliphatic carbocycles. The van der Waals surface area contributed by atoms with E-state index in [0.29, 0.717) is 0 Å². The molecule has 0 radical (unpaired) electrons. The third-order valence-corrected chi connectivity index (χ3v) is 3.88. The van der Waals surface area contributed by atoms with Crippen LogP contribution in [0.4, 0.5) is 5.69 Å². The van der Waals surface area contributed by atoms with E-state index in [0.717, 1.165) is 28.1 Å². The molecule has 0 spiro atoms. The van der Waals surface area contributed by atoms with Crippen LogP contribution in [0.5, 0.6) is 0 Å². The molecule has 0 aliphatic heterocycles. The highest BCUT2D eigenvalue weighted by atomic mass is 16.6. The Labute approximate surface area is 148 Å². The van der Waals surface area contributed by atoms with Crippen molar-refractivity contribution in [2.45, 2.75) is 0 Å². The van der Waals surface area contributed by atoms with Crippen molar-refractivity contribution in [3.63, 3.8) is 0 Å². The van der Waals surface area contributed by atoms with Crippen LogP contribution in [0.3, 0.4) is 0 Å². The number of hydrogen-bond acceptors (Lipinski definition) is 3. The average molecular weight is 341 g/mol. The van der Waals surface area contributed by atoms with Crippen LogP contribution in [-0.2, 0) is 0 Å². The van der Waals surface area contributed by atoms with Gasteiger partial charge in [-0.3, -0.25) is 10.1 Å². The molecule has 0 aliphatic rings. The number of H-pyrrole nitrogens is 1. The van der Waals surface area contributed by atoms with Crippen molar-refractivity contribution in [3.05, 3.63) is 94.3 Å². The molecule has 0 saturated carbocycles. The highest BCUT2D eigenvalue weighted by molar-refractivity contribution is 5.75. The maximum atomic E-state index is 10.7. The second-order valence-electron chi connectivity index (χ2n) is 5.63. The molecule has 0 fully saturated rings.